The highest BCUT2D eigenvalue weighted by Gasteiger charge is 2.29. The molecule has 0 spiro atoms. The topological polar surface area (TPSA) is 61.8 Å². The normalized spacial score (nSPS) is 25.9. The lowest BCUT2D eigenvalue weighted by Gasteiger charge is -2.28. The molecule has 0 bridgehead atoms. The van der Waals surface area contributed by atoms with Crippen molar-refractivity contribution in [3.05, 3.63) is 11.1 Å². The number of hydrogen-bond acceptors (Lipinski definition) is 5. The first kappa shape index (κ1) is 9.67. The molecule has 0 unspecified atom stereocenters. The molecule has 1 fully saturated rings. The van der Waals surface area contributed by atoms with Crippen molar-refractivity contribution in [2.24, 2.45) is 4.99 Å². The van der Waals surface area contributed by atoms with Crippen molar-refractivity contribution in [3.8, 4) is 0 Å². The molecule has 1 saturated heterocycles. The van der Waals surface area contributed by atoms with E-state index in [2.05, 4.69) is 10.3 Å². The van der Waals surface area contributed by atoms with Crippen molar-refractivity contribution in [2.75, 3.05) is 26.2 Å². The average Bonchev–Trinajstić information content (AvgIpc) is 2.41. The third-order valence-corrected chi connectivity index (χ3v) is 3.75. The first-order chi connectivity index (χ1) is 6.59. The number of rotatable bonds is 0. The van der Waals surface area contributed by atoms with Gasteiger partial charge in [-0.15, -0.1) is 0 Å². The SMILES string of the molecule is CC1=CS(=O)(=O)C(N2CCNCC2)=N1. The smallest absolute Gasteiger partial charge is 0.234 e. The highest BCUT2D eigenvalue weighted by atomic mass is 32.2. The maximum atomic E-state index is 11.6. The second-order valence-electron chi connectivity index (χ2n) is 3.44. The zero-order valence-corrected chi connectivity index (χ0v) is 8.84. The van der Waals surface area contributed by atoms with E-state index < -0.39 is 9.84 Å². The molecule has 0 saturated carbocycles. The molecule has 5 nitrogen and oxygen atoms in total. The van der Waals surface area contributed by atoms with E-state index in [9.17, 15) is 8.42 Å². The van der Waals surface area contributed by atoms with Gasteiger partial charge in [-0.25, -0.2) is 13.4 Å². The van der Waals surface area contributed by atoms with Crippen LogP contribution >= 0.6 is 0 Å². The summed E-state index contributed by atoms with van der Waals surface area (Å²) < 4.78 is 23.2. The monoisotopic (exact) mass is 215 g/mol. The predicted octanol–water partition coefficient (Wildman–Crippen LogP) is -0.463. The number of piperazine rings is 1. The predicted molar refractivity (Wildman–Crippen MR) is 54.6 cm³/mol. The Balaban J connectivity index is 2.24. The lowest BCUT2D eigenvalue weighted by atomic mass is 10.4. The maximum absolute atomic E-state index is 11.6. The van der Waals surface area contributed by atoms with E-state index in [4.69, 9.17) is 0 Å². The van der Waals surface area contributed by atoms with Crippen LogP contribution in [0.4, 0.5) is 0 Å². The van der Waals surface area contributed by atoms with Crippen LogP contribution in [0.1, 0.15) is 6.92 Å². The number of amidine groups is 1. The highest BCUT2D eigenvalue weighted by Crippen LogP contribution is 2.16. The minimum atomic E-state index is -3.25. The van der Waals surface area contributed by atoms with Crippen molar-refractivity contribution in [1.29, 1.82) is 0 Å². The molecule has 0 amide bonds. The van der Waals surface area contributed by atoms with E-state index in [1.165, 1.54) is 5.41 Å². The molecule has 0 atom stereocenters. The molecule has 1 N–H and O–H groups in total. The molecular weight excluding hydrogens is 202 g/mol. The zero-order valence-electron chi connectivity index (χ0n) is 8.02. The van der Waals surface area contributed by atoms with Gasteiger partial charge in [-0.2, -0.15) is 0 Å². The second-order valence-corrected chi connectivity index (χ2v) is 5.13. The number of hydrogen-bond donors (Lipinski definition) is 1. The number of allylic oxidation sites excluding steroid dienone is 1. The molecule has 2 rings (SSSR count). The summed E-state index contributed by atoms with van der Waals surface area (Å²) in [5, 5.41) is 4.61. The van der Waals surface area contributed by atoms with Gasteiger partial charge in [0.1, 0.15) is 0 Å². The molecule has 6 heteroatoms. The van der Waals surface area contributed by atoms with Crippen LogP contribution in [0.25, 0.3) is 0 Å². The van der Waals surface area contributed by atoms with Gasteiger partial charge in [0.05, 0.1) is 11.1 Å². The summed E-state index contributed by atoms with van der Waals surface area (Å²) in [6.45, 7) is 4.74. The Morgan fingerprint density at radius 2 is 2.07 bits per heavy atom. The minimum absolute atomic E-state index is 0.219. The first-order valence-corrected chi connectivity index (χ1v) is 6.12. The quantitative estimate of drug-likeness (QED) is 0.594. The Hall–Kier alpha value is -0.880. The van der Waals surface area contributed by atoms with E-state index in [1.807, 2.05) is 4.90 Å². The van der Waals surface area contributed by atoms with Crippen molar-refractivity contribution in [1.82, 2.24) is 10.2 Å². The third-order valence-electron chi connectivity index (χ3n) is 2.24. The van der Waals surface area contributed by atoms with E-state index >= 15 is 0 Å². The third kappa shape index (κ3) is 1.67. The van der Waals surface area contributed by atoms with E-state index in [0.29, 0.717) is 18.8 Å². The fourth-order valence-corrected chi connectivity index (χ4v) is 3.05. The molecular formula is C8H13N3O2S. The van der Waals surface area contributed by atoms with Crippen LogP contribution in [-0.4, -0.2) is 44.7 Å². The first-order valence-electron chi connectivity index (χ1n) is 4.57. The molecule has 2 aliphatic rings. The van der Waals surface area contributed by atoms with Crippen LogP contribution < -0.4 is 5.32 Å². The Morgan fingerprint density at radius 3 is 2.57 bits per heavy atom. The lowest BCUT2D eigenvalue weighted by molar-refractivity contribution is 0.361. The van der Waals surface area contributed by atoms with Gasteiger partial charge >= 0.3 is 0 Å². The fourth-order valence-electron chi connectivity index (χ4n) is 1.62. The maximum Gasteiger partial charge on any atom is 0.234 e. The van der Waals surface area contributed by atoms with Gasteiger partial charge in [-0.1, -0.05) is 0 Å². The molecule has 2 heterocycles. The van der Waals surface area contributed by atoms with Crippen LogP contribution in [0.5, 0.6) is 0 Å². The summed E-state index contributed by atoms with van der Waals surface area (Å²) in [6, 6.07) is 0. The lowest BCUT2D eigenvalue weighted by Crippen LogP contribution is -2.47. The molecule has 2 aliphatic heterocycles. The Labute approximate surface area is 83.4 Å². The summed E-state index contributed by atoms with van der Waals surface area (Å²) in [4.78, 5) is 5.87. The molecule has 0 aliphatic carbocycles. The summed E-state index contributed by atoms with van der Waals surface area (Å²) in [7, 11) is -3.25. The second kappa shape index (κ2) is 3.36. The van der Waals surface area contributed by atoms with Gasteiger partial charge in [-0.05, 0) is 6.92 Å². The number of nitrogens with zero attached hydrogens (tertiary/aromatic N) is 2. The van der Waals surface area contributed by atoms with Crippen molar-refractivity contribution < 1.29 is 8.42 Å². The summed E-state index contributed by atoms with van der Waals surface area (Å²) in [5.74, 6) is 0. The van der Waals surface area contributed by atoms with Crippen LogP contribution in [0, 0.1) is 0 Å². The number of sulfone groups is 1. The average molecular weight is 215 g/mol. The highest BCUT2D eigenvalue weighted by molar-refractivity contribution is 8.09. The summed E-state index contributed by atoms with van der Waals surface area (Å²) >= 11 is 0. The Bertz CT molecular complexity index is 391. The van der Waals surface area contributed by atoms with E-state index in [1.54, 1.807) is 6.92 Å². The van der Waals surface area contributed by atoms with Crippen molar-refractivity contribution in [3.63, 3.8) is 0 Å². The van der Waals surface area contributed by atoms with Crippen LogP contribution in [0.15, 0.2) is 16.1 Å². The van der Waals surface area contributed by atoms with Gasteiger partial charge in [0.25, 0.3) is 0 Å². The van der Waals surface area contributed by atoms with E-state index in [-0.39, 0.29) is 5.17 Å². The summed E-state index contributed by atoms with van der Waals surface area (Å²) in [6.07, 6.45) is 0. The van der Waals surface area contributed by atoms with Crippen molar-refractivity contribution in [2.45, 2.75) is 6.92 Å². The van der Waals surface area contributed by atoms with Crippen molar-refractivity contribution >= 4 is 15.0 Å². The van der Waals surface area contributed by atoms with Gasteiger partial charge in [-0.3, -0.25) is 0 Å². The summed E-state index contributed by atoms with van der Waals surface area (Å²) in [5.41, 5.74) is 0.568. The Kier molecular flexibility index (Phi) is 2.32. The molecule has 0 aromatic carbocycles. The molecule has 0 aromatic rings. The van der Waals surface area contributed by atoms with Crippen LogP contribution in [0.2, 0.25) is 0 Å². The van der Waals surface area contributed by atoms with Gasteiger partial charge in [0, 0.05) is 26.2 Å². The minimum Gasteiger partial charge on any atom is -0.344 e. The number of aliphatic imine (C=N–C) groups is 1. The van der Waals surface area contributed by atoms with Gasteiger partial charge in [0.15, 0.2) is 0 Å². The number of nitrogens with one attached hydrogen (secondary N) is 1. The van der Waals surface area contributed by atoms with Crippen LogP contribution in [-0.2, 0) is 9.84 Å². The van der Waals surface area contributed by atoms with Crippen LogP contribution in [0.3, 0.4) is 0 Å². The fraction of sp³-hybridized carbons (Fsp3) is 0.625. The van der Waals surface area contributed by atoms with Gasteiger partial charge in [0.2, 0.25) is 15.0 Å². The van der Waals surface area contributed by atoms with Gasteiger partial charge < -0.3 is 10.2 Å². The molecule has 0 aromatic heterocycles. The molecule has 78 valence electrons. The zero-order chi connectivity index (χ0) is 10.2. The molecule has 14 heavy (non-hydrogen) atoms. The Morgan fingerprint density at radius 1 is 1.43 bits per heavy atom. The standard InChI is InChI=1S/C8H13N3O2S/c1-7-6-14(12,13)8(10-7)11-4-2-9-3-5-11/h6,9H,2-5H2,1H3. The van der Waals surface area contributed by atoms with E-state index in [0.717, 1.165) is 13.1 Å². The largest absolute Gasteiger partial charge is 0.344 e. The molecule has 0 radical (unpaired) electrons.